The zero-order valence-electron chi connectivity index (χ0n) is 13.7. The summed E-state index contributed by atoms with van der Waals surface area (Å²) in [5, 5.41) is 9.63. The first-order valence-electron chi connectivity index (χ1n) is 8.71. The van der Waals surface area contributed by atoms with Crippen LogP contribution in [0.4, 0.5) is 10.5 Å². The number of nitrogens with one attached hydrogen (secondary N) is 2. The Balaban J connectivity index is 1.51. The van der Waals surface area contributed by atoms with E-state index in [4.69, 9.17) is 4.98 Å². The maximum Gasteiger partial charge on any atom is 0.353 e. The highest BCUT2D eigenvalue weighted by Gasteiger charge is 2.51. The van der Waals surface area contributed by atoms with Crippen LogP contribution >= 0.6 is 0 Å². The highest BCUT2D eigenvalue weighted by molar-refractivity contribution is 7.75. The Bertz CT molecular complexity index is 956. The van der Waals surface area contributed by atoms with E-state index < -0.39 is 16.6 Å². The number of aromatic nitrogens is 3. The Kier molecular flexibility index (Phi) is 3.25. The van der Waals surface area contributed by atoms with Gasteiger partial charge < -0.3 is 5.32 Å². The van der Waals surface area contributed by atoms with Gasteiger partial charge in [-0.05, 0) is 62.1 Å². The van der Waals surface area contributed by atoms with Gasteiger partial charge in [-0.25, -0.2) is 9.00 Å². The lowest BCUT2D eigenvalue weighted by atomic mass is 10.0. The number of carbonyl (C=O) groups is 1. The number of nitrogens with zero attached hydrogens (tertiary/aromatic N) is 3. The van der Waals surface area contributed by atoms with Crippen LogP contribution in [0, 0.1) is 0 Å². The molecule has 0 aliphatic heterocycles. The molecule has 2 aromatic rings. The van der Waals surface area contributed by atoms with Crippen molar-refractivity contribution in [2.75, 3.05) is 5.32 Å². The third-order valence-electron chi connectivity index (χ3n) is 5.63. The molecule has 130 valence electrons. The van der Waals surface area contributed by atoms with Crippen LogP contribution in [-0.2, 0) is 35.3 Å². The first kappa shape index (κ1) is 15.1. The molecule has 2 heterocycles. The summed E-state index contributed by atoms with van der Waals surface area (Å²) in [4.78, 5) is 17.3. The standard InChI is InChI=1S/C17H19N5O2S/c23-16(22-25(24)13-5-9-18-21-13)20-14-10-2-1-3-12(10)19-15-11(14)4-6-17(15)7-8-17/h5,9,25H,1-4,6-8H2,(H,18,21)(H,19,20,23). The quantitative estimate of drug-likeness (QED) is 0.719. The van der Waals surface area contributed by atoms with Crippen LogP contribution in [0.5, 0.6) is 0 Å². The van der Waals surface area contributed by atoms with Crippen LogP contribution in [-0.4, -0.2) is 25.4 Å². The number of pyridine rings is 1. The SMILES string of the molecule is O=C(/N=[SH](=O)/c1cc[nH]n1)Nc1c2c(nc3c1CCC31CC1)CCC2. The van der Waals surface area contributed by atoms with Crippen LogP contribution in [0.3, 0.4) is 0 Å². The first-order chi connectivity index (χ1) is 12.2. The third kappa shape index (κ3) is 2.38. The second-order valence-electron chi connectivity index (χ2n) is 7.11. The van der Waals surface area contributed by atoms with Gasteiger partial charge in [0.25, 0.3) is 0 Å². The van der Waals surface area contributed by atoms with Gasteiger partial charge in [0, 0.05) is 17.3 Å². The molecule has 0 aromatic carbocycles. The summed E-state index contributed by atoms with van der Waals surface area (Å²) in [5.41, 5.74) is 5.80. The monoisotopic (exact) mass is 357 g/mol. The van der Waals surface area contributed by atoms with Gasteiger partial charge in [-0.15, -0.1) is 4.36 Å². The molecule has 25 heavy (non-hydrogen) atoms. The number of H-pyrrole nitrogens is 1. The van der Waals surface area contributed by atoms with Gasteiger partial charge in [0.05, 0.1) is 22.0 Å². The second-order valence-corrected chi connectivity index (χ2v) is 8.31. The number of aromatic amines is 1. The summed E-state index contributed by atoms with van der Waals surface area (Å²) in [7, 11) is -2.19. The Morgan fingerprint density at radius 1 is 1.24 bits per heavy atom. The van der Waals surface area contributed by atoms with E-state index in [1.165, 1.54) is 24.1 Å². The number of amides is 2. The number of aryl methyl sites for hydroxylation is 1. The lowest BCUT2D eigenvalue weighted by molar-refractivity contribution is 0.260. The molecular weight excluding hydrogens is 338 g/mol. The third-order valence-corrected chi connectivity index (χ3v) is 6.63. The maximum atomic E-state index is 12.4. The van der Waals surface area contributed by atoms with Crippen LogP contribution in [0.1, 0.15) is 48.2 Å². The molecule has 7 nitrogen and oxygen atoms in total. The lowest BCUT2D eigenvalue weighted by Gasteiger charge is -2.15. The lowest BCUT2D eigenvalue weighted by Crippen LogP contribution is -2.14. The molecular formula is C17H19N5O2S. The number of rotatable bonds is 2. The number of hydrogen-bond donors (Lipinski definition) is 3. The molecule has 2 N–H and O–H groups in total. The van der Waals surface area contributed by atoms with Gasteiger partial charge in [0.1, 0.15) is 0 Å². The van der Waals surface area contributed by atoms with Crippen molar-refractivity contribution < 1.29 is 9.00 Å². The molecule has 2 amide bonds. The largest absolute Gasteiger partial charge is 0.353 e. The van der Waals surface area contributed by atoms with Crippen molar-refractivity contribution in [3.05, 3.63) is 34.8 Å². The second kappa shape index (κ2) is 5.39. The minimum Gasteiger partial charge on any atom is -0.305 e. The predicted molar refractivity (Wildman–Crippen MR) is 93.3 cm³/mol. The van der Waals surface area contributed by atoms with E-state index in [-0.39, 0.29) is 10.4 Å². The van der Waals surface area contributed by atoms with Crippen LogP contribution in [0.15, 0.2) is 21.7 Å². The molecule has 1 fully saturated rings. The van der Waals surface area contributed by atoms with Crippen LogP contribution in [0.2, 0.25) is 0 Å². The Labute approximate surface area is 146 Å². The fourth-order valence-corrected chi connectivity index (χ4v) is 4.86. The van der Waals surface area contributed by atoms with E-state index in [2.05, 4.69) is 19.9 Å². The van der Waals surface area contributed by atoms with E-state index in [9.17, 15) is 9.00 Å². The van der Waals surface area contributed by atoms with E-state index >= 15 is 0 Å². The van der Waals surface area contributed by atoms with E-state index in [1.54, 1.807) is 12.3 Å². The number of thiol groups is 1. The summed E-state index contributed by atoms with van der Waals surface area (Å²) in [5.74, 6) is 0. The van der Waals surface area contributed by atoms with E-state index in [0.717, 1.165) is 49.0 Å². The van der Waals surface area contributed by atoms with Crippen molar-refractivity contribution >= 4 is 22.3 Å². The Morgan fingerprint density at radius 3 is 2.88 bits per heavy atom. The molecule has 1 spiro atoms. The van der Waals surface area contributed by atoms with Gasteiger partial charge in [-0.3, -0.25) is 10.1 Å². The van der Waals surface area contributed by atoms with Crippen molar-refractivity contribution in [3.8, 4) is 0 Å². The van der Waals surface area contributed by atoms with Crippen molar-refractivity contribution in [2.24, 2.45) is 4.36 Å². The van der Waals surface area contributed by atoms with Crippen LogP contribution < -0.4 is 5.32 Å². The average Bonchev–Trinajstić information content (AvgIpc) is 3.01. The molecule has 5 rings (SSSR count). The first-order valence-corrected chi connectivity index (χ1v) is 9.92. The minimum atomic E-state index is -2.19. The summed E-state index contributed by atoms with van der Waals surface area (Å²) in [6.45, 7) is 0. The van der Waals surface area contributed by atoms with E-state index in [1.807, 2.05) is 0 Å². The van der Waals surface area contributed by atoms with Crippen molar-refractivity contribution in [1.82, 2.24) is 15.2 Å². The molecule has 8 heteroatoms. The average molecular weight is 357 g/mol. The molecule has 0 saturated heterocycles. The number of carbonyl (C=O) groups excluding carboxylic acids is 1. The normalized spacial score (nSPS) is 20.5. The highest BCUT2D eigenvalue weighted by Crippen LogP contribution is 2.58. The fraction of sp³-hybridized carbons (Fsp3) is 0.471. The van der Waals surface area contributed by atoms with Crippen molar-refractivity contribution in [2.45, 2.75) is 55.4 Å². The molecule has 3 aliphatic carbocycles. The van der Waals surface area contributed by atoms with Gasteiger partial charge in [-0.2, -0.15) is 5.10 Å². The molecule has 3 aliphatic rings. The molecule has 1 atom stereocenters. The van der Waals surface area contributed by atoms with E-state index in [0.29, 0.717) is 0 Å². The fourth-order valence-electron chi connectivity index (χ4n) is 4.20. The highest BCUT2D eigenvalue weighted by atomic mass is 32.2. The summed E-state index contributed by atoms with van der Waals surface area (Å²) < 4.78 is 15.9. The van der Waals surface area contributed by atoms with Crippen LogP contribution in [0.25, 0.3) is 0 Å². The van der Waals surface area contributed by atoms with Crippen molar-refractivity contribution in [3.63, 3.8) is 0 Å². The molecule has 2 aromatic heterocycles. The van der Waals surface area contributed by atoms with Gasteiger partial charge in [-0.1, -0.05) is 0 Å². The molecule has 1 unspecified atom stereocenters. The number of anilines is 1. The molecule has 0 radical (unpaired) electrons. The maximum absolute atomic E-state index is 12.4. The number of urea groups is 1. The topological polar surface area (TPSA) is 100 Å². The smallest absolute Gasteiger partial charge is 0.305 e. The Hall–Kier alpha value is -2.22. The summed E-state index contributed by atoms with van der Waals surface area (Å²) in [6, 6.07) is 0.997. The van der Waals surface area contributed by atoms with Gasteiger partial charge >= 0.3 is 6.03 Å². The summed E-state index contributed by atoms with van der Waals surface area (Å²) in [6.07, 6.45) is 9.02. The molecule has 1 saturated carbocycles. The van der Waals surface area contributed by atoms with Gasteiger partial charge in [0.2, 0.25) is 0 Å². The summed E-state index contributed by atoms with van der Waals surface area (Å²) >= 11 is 0. The zero-order valence-corrected chi connectivity index (χ0v) is 14.6. The predicted octanol–water partition coefficient (Wildman–Crippen LogP) is 2.53. The number of fused-ring (bicyclic) bond motifs is 3. The zero-order chi connectivity index (χ0) is 17.0. The number of hydrogen-bond acceptors (Lipinski definition) is 4. The van der Waals surface area contributed by atoms with Crippen molar-refractivity contribution in [1.29, 1.82) is 0 Å². The Morgan fingerprint density at radius 2 is 2.12 bits per heavy atom. The van der Waals surface area contributed by atoms with Gasteiger partial charge in [0.15, 0.2) is 5.03 Å². The molecule has 0 bridgehead atoms. The minimum absolute atomic E-state index is 0.268.